The summed E-state index contributed by atoms with van der Waals surface area (Å²) in [6.45, 7) is 16.1. The summed E-state index contributed by atoms with van der Waals surface area (Å²) >= 11 is 0. The topological polar surface area (TPSA) is 6.48 Å². The molecule has 2 saturated heterocycles. The molecule has 0 spiro atoms. The highest BCUT2D eigenvalue weighted by Gasteiger charge is 2.31. The van der Waals surface area contributed by atoms with Gasteiger partial charge >= 0.3 is 0 Å². The van der Waals surface area contributed by atoms with Crippen molar-refractivity contribution in [2.75, 3.05) is 32.7 Å². The van der Waals surface area contributed by atoms with Gasteiger partial charge in [-0.2, -0.15) is 0 Å². The van der Waals surface area contributed by atoms with Crippen molar-refractivity contribution in [3.63, 3.8) is 0 Å². The first-order valence-corrected chi connectivity index (χ1v) is 7.52. The van der Waals surface area contributed by atoms with Crippen molar-refractivity contribution in [2.24, 2.45) is 17.8 Å². The average Bonchev–Trinajstić information content (AvgIpc) is 2.23. The molecule has 2 nitrogen and oxygen atoms in total. The minimum absolute atomic E-state index is 0.748. The Bertz CT molecular complexity index is 223. The Morgan fingerprint density at radius 3 is 2.06 bits per heavy atom. The summed E-state index contributed by atoms with van der Waals surface area (Å²) in [6.07, 6.45) is 2.86. The number of hydrogen-bond donors (Lipinski definition) is 0. The van der Waals surface area contributed by atoms with E-state index in [1.807, 2.05) is 0 Å². The minimum Gasteiger partial charge on any atom is -0.303 e. The Morgan fingerprint density at radius 1 is 1.00 bits per heavy atom. The summed E-state index contributed by atoms with van der Waals surface area (Å²) in [5.41, 5.74) is 0. The molecule has 0 amide bonds. The lowest BCUT2D eigenvalue weighted by molar-refractivity contribution is 0.0315. The van der Waals surface area contributed by atoms with Gasteiger partial charge in [0.15, 0.2) is 0 Å². The van der Waals surface area contributed by atoms with E-state index in [1.54, 1.807) is 0 Å². The van der Waals surface area contributed by atoms with Crippen molar-refractivity contribution in [2.45, 2.75) is 46.6 Å². The molecule has 0 saturated carbocycles. The lowest BCUT2D eigenvalue weighted by Crippen LogP contribution is -2.54. The van der Waals surface area contributed by atoms with Crippen LogP contribution in [0.25, 0.3) is 0 Å². The second-order valence-corrected chi connectivity index (χ2v) is 6.80. The van der Waals surface area contributed by atoms with Crippen LogP contribution in [-0.2, 0) is 0 Å². The predicted molar refractivity (Wildman–Crippen MR) is 74.2 cm³/mol. The van der Waals surface area contributed by atoms with Gasteiger partial charge in [0.25, 0.3) is 0 Å². The van der Waals surface area contributed by atoms with Crippen molar-refractivity contribution in [1.82, 2.24) is 9.80 Å². The summed E-state index contributed by atoms with van der Waals surface area (Å²) in [7, 11) is 0. The molecule has 2 rings (SSSR count). The molecule has 0 aromatic rings. The lowest BCUT2D eigenvalue weighted by Gasteiger charge is -2.45. The highest BCUT2D eigenvalue weighted by Crippen LogP contribution is 2.26. The maximum absolute atomic E-state index is 2.71. The number of piperidine rings is 1. The largest absolute Gasteiger partial charge is 0.303 e. The molecule has 100 valence electrons. The van der Waals surface area contributed by atoms with E-state index in [2.05, 4.69) is 37.5 Å². The number of likely N-dealkylation sites (tertiary alicyclic amines) is 2. The first-order chi connectivity index (χ1) is 8.06. The van der Waals surface area contributed by atoms with Crippen LogP contribution in [0.15, 0.2) is 0 Å². The third-order valence-electron chi connectivity index (χ3n) is 4.81. The van der Waals surface area contributed by atoms with Crippen LogP contribution in [-0.4, -0.2) is 48.6 Å². The van der Waals surface area contributed by atoms with Crippen LogP contribution in [0.3, 0.4) is 0 Å². The van der Waals surface area contributed by atoms with Gasteiger partial charge in [-0.1, -0.05) is 13.8 Å². The molecular formula is C15H30N2. The van der Waals surface area contributed by atoms with Gasteiger partial charge in [-0.3, -0.25) is 0 Å². The third kappa shape index (κ3) is 3.45. The van der Waals surface area contributed by atoms with E-state index in [9.17, 15) is 0 Å². The van der Waals surface area contributed by atoms with Crippen molar-refractivity contribution >= 4 is 0 Å². The van der Waals surface area contributed by atoms with Gasteiger partial charge in [-0.25, -0.2) is 0 Å². The van der Waals surface area contributed by atoms with Crippen LogP contribution in [0, 0.1) is 17.8 Å². The zero-order valence-electron chi connectivity index (χ0n) is 12.2. The van der Waals surface area contributed by atoms with Crippen LogP contribution in [0.5, 0.6) is 0 Å². The smallest absolute Gasteiger partial charge is 0.00388 e. The van der Waals surface area contributed by atoms with Crippen molar-refractivity contribution < 1.29 is 0 Å². The van der Waals surface area contributed by atoms with Gasteiger partial charge in [0.2, 0.25) is 0 Å². The molecule has 0 bridgehead atoms. The van der Waals surface area contributed by atoms with Crippen LogP contribution < -0.4 is 0 Å². The fourth-order valence-electron chi connectivity index (χ4n) is 3.31. The second-order valence-electron chi connectivity index (χ2n) is 6.80. The summed E-state index contributed by atoms with van der Waals surface area (Å²) in [4.78, 5) is 5.30. The summed E-state index contributed by atoms with van der Waals surface area (Å²) in [5, 5.41) is 0. The normalized spacial score (nSPS) is 25.8. The minimum atomic E-state index is 0.748. The Morgan fingerprint density at radius 2 is 1.59 bits per heavy atom. The fourth-order valence-corrected chi connectivity index (χ4v) is 3.31. The predicted octanol–water partition coefficient (Wildman–Crippen LogP) is 2.69. The highest BCUT2D eigenvalue weighted by molar-refractivity contribution is 4.85. The van der Waals surface area contributed by atoms with E-state index in [0.717, 1.165) is 23.8 Å². The lowest BCUT2D eigenvalue weighted by atomic mass is 9.86. The van der Waals surface area contributed by atoms with Crippen LogP contribution in [0.4, 0.5) is 0 Å². The molecule has 0 atom stereocenters. The van der Waals surface area contributed by atoms with Crippen molar-refractivity contribution in [1.29, 1.82) is 0 Å². The van der Waals surface area contributed by atoms with E-state index in [-0.39, 0.29) is 0 Å². The fraction of sp³-hybridized carbons (Fsp3) is 1.00. The SMILES string of the molecule is CC(C)C1CCN(CC2CN(C(C)C)C2)CC1. The number of nitrogens with zero attached hydrogens (tertiary/aromatic N) is 2. The molecule has 0 aromatic heterocycles. The van der Waals surface area contributed by atoms with E-state index in [0.29, 0.717) is 0 Å². The molecular weight excluding hydrogens is 208 g/mol. The number of rotatable bonds is 4. The van der Waals surface area contributed by atoms with Gasteiger partial charge in [0.05, 0.1) is 0 Å². The van der Waals surface area contributed by atoms with Crippen molar-refractivity contribution in [3.8, 4) is 0 Å². The molecule has 0 aromatic carbocycles. The van der Waals surface area contributed by atoms with Gasteiger partial charge in [-0.05, 0) is 57.5 Å². The van der Waals surface area contributed by atoms with Gasteiger partial charge < -0.3 is 9.80 Å². The number of hydrogen-bond acceptors (Lipinski definition) is 2. The highest BCUT2D eigenvalue weighted by atomic mass is 15.2. The van der Waals surface area contributed by atoms with E-state index in [1.165, 1.54) is 45.6 Å². The summed E-state index contributed by atoms with van der Waals surface area (Å²) < 4.78 is 0. The molecule has 17 heavy (non-hydrogen) atoms. The first-order valence-electron chi connectivity index (χ1n) is 7.52. The van der Waals surface area contributed by atoms with Crippen molar-refractivity contribution in [3.05, 3.63) is 0 Å². The molecule has 0 radical (unpaired) electrons. The summed E-state index contributed by atoms with van der Waals surface area (Å²) in [5.74, 6) is 2.82. The van der Waals surface area contributed by atoms with Crippen LogP contribution in [0.1, 0.15) is 40.5 Å². The standard InChI is InChI=1S/C15H30N2/c1-12(2)15-5-7-16(8-6-15)9-14-10-17(11-14)13(3)4/h12-15H,5-11H2,1-4H3. The quantitative estimate of drug-likeness (QED) is 0.743. The monoisotopic (exact) mass is 238 g/mol. The van der Waals surface area contributed by atoms with Gasteiger partial charge in [0, 0.05) is 25.7 Å². The molecule has 0 aliphatic carbocycles. The molecule has 2 heterocycles. The zero-order chi connectivity index (χ0) is 12.4. The maximum Gasteiger partial charge on any atom is 0.00388 e. The third-order valence-corrected chi connectivity index (χ3v) is 4.81. The Balaban J connectivity index is 1.63. The average molecular weight is 238 g/mol. The van der Waals surface area contributed by atoms with Gasteiger partial charge in [0.1, 0.15) is 0 Å². The first kappa shape index (κ1) is 13.4. The van der Waals surface area contributed by atoms with Crippen LogP contribution >= 0.6 is 0 Å². The van der Waals surface area contributed by atoms with E-state index < -0.39 is 0 Å². The van der Waals surface area contributed by atoms with E-state index in [4.69, 9.17) is 0 Å². The Hall–Kier alpha value is -0.0800. The Kier molecular flexibility index (Phi) is 4.48. The molecule has 2 fully saturated rings. The molecule has 2 heteroatoms. The zero-order valence-corrected chi connectivity index (χ0v) is 12.2. The molecule has 2 aliphatic heterocycles. The molecule has 2 aliphatic rings. The van der Waals surface area contributed by atoms with Crippen LogP contribution in [0.2, 0.25) is 0 Å². The van der Waals surface area contributed by atoms with Gasteiger partial charge in [-0.15, -0.1) is 0 Å². The second kappa shape index (κ2) is 5.71. The molecule has 0 unspecified atom stereocenters. The Labute approximate surface area is 107 Å². The molecule has 0 N–H and O–H groups in total. The maximum atomic E-state index is 2.71. The van der Waals surface area contributed by atoms with E-state index >= 15 is 0 Å². The summed E-state index contributed by atoms with van der Waals surface area (Å²) in [6, 6.07) is 0.748.